The van der Waals surface area contributed by atoms with Crippen LogP contribution in [0.1, 0.15) is 0 Å². The van der Waals surface area contributed by atoms with Gasteiger partial charge < -0.3 is 9.73 Å². The number of rotatable bonds is 7. The average Bonchev–Trinajstić information content (AvgIpc) is 3.25. The van der Waals surface area contributed by atoms with E-state index in [1.165, 1.54) is 17.4 Å². The first kappa shape index (κ1) is 17.9. The lowest BCUT2D eigenvalue weighted by Gasteiger charge is -2.09. The second kappa shape index (κ2) is 8.45. The van der Waals surface area contributed by atoms with Crippen LogP contribution < -0.4 is 5.32 Å². The zero-order chi connectivity index (χ0) is 17.6. The lowest BCUT2D eigenvalue weighted by atomic mass is 10.3. The normalized spacial score (nSPS) is 11.0. The minimum Gasteiger partial charge on any atom is -0.410 e. The van der Waals surface area contributed by atoms with E-state index in [-0.39, 0.29) is 16.9 Å². The highest BCUT2D eigenvalue weighted by atomic mass is 32.2. The number of halogens is 2. The molecule has 2 aromatic heterocycles. The van der Waals surface area contributed by atoms with Gasteiger partial charge in [-0.3, -0.25) is 4.79 Å². The van der Waals surface area contributed by atoms with E-state index in [9.17, 15) is 13.6 Å². The molecular formula is C15H11F2N3O2S3. The number of amides is 1. The standard InChI is InChI=1S/C15H11F2N3O2S3/c16-14(17)25-10-5-2-1-4-9(10)18-12(21)8-24-15-20-19-13(22-15)11-6-3-7-23-11/h1-7,14H,8H2,(H,18,21). The Morgan fingerprint density at radius 2 is 2.08 bits per heavy atom. The molecular weight excluding hydrogens is 388 g/mol. The summed E-state index contributed by atoms with van der Waals surface area (Å²) in [4.78, 5) is 13.2. The van der Waals surface area contributed by atoms with Crippen molar-refractivity contribution in [3.05, 3.63) is 41.8 Å². The Hall–Kier alpha value is -1.91. The topological polar surface area (TPSA) is 68.0 Å². The Kier molecular flexibility index (Phi) is 6.05. The minimum atomic E-state index is -2.55. The summed E-state index contributed by atoms with van der Waals surface area (Å²) in [5, 5.41) is 12.6. The number of thiophene rings is 1. The Morgan fingerprint density at radius 3 is 2.84 bits per heavy atom. The number of anilines is 1. The van der Waals surface area contributed by atoms with Gasteiger partial charge >= 0.3 is 0 Å². The third kappa shape index (κ3) is 5.03. The van der Waals surface area contributed by atoms with E-state index < -0.39 is 5.76 Å². The van der Waals surface area contributed by atoms with E-state index in [0.717, 1.165) is 16.6 Å². The molecule has 1 aromatic carbocycles. The Balaban J connectivity index is 1.57. The summed E-state index contributed by atoms with van der Waals surface area (Å²) in [5.41, 5.74) is 0.350. The van der Waals surface area contributed by atoms with E-state index in [1.807, 2.05) is 17.5 Å². The third-order valence-electron chi connectivity index (χ3n) is 2.84. The van der Waals surface area contributed by atoms with Crippen LogP contribution in [0.25, 0.3) is 10.8 Å². The van der Waals surface area contributed by atoms with Crippen molar-refractivity contribution in [3.8, 4) is 10.8 Å². The van der Waals surface area contributed by atoms with Gasteiger partial charge in [-0.25, -0.2) is 0 Å². The molecule has 0 aliphatic heterocycles. The van der Waals surface area contributed by atoms with Crippen LogP contribution in [0, 0.1) is 0 Å². The fraction of sp³-hybridized carbons (Fsp3) is 0.133. The van der Waals surface area contributed by atoms with Crippen molar-refractivity contribution < 1.29 is 18.0 Å². The number of thioether (sulfide) groups is 2. The molecule has 1 N–H and O–H groups in total. The zero-order valence-electron chi connectivity index (χ0n) is 12.5. The Labute approximate surface area is 154 Å². The maximum Gasteiger partial charge on any atom is 0.288 e. The van der Waals surface area contributed by atoms with E-state index in [2.05, 4.69) is 15.5 Å². The van der Waals surface area contributed by atoms with Crippen LogP contribution in [0.4, 0.5) is 14.5 Å². The average molecular weight is 399 g/mol. The molecule has 3 rings (SSSR count). The number of carbonyl (C=O) groups excluding carboxylic acids is 1. The fourth-order valence-electron chi connectivity index (χ4n) is 1.85. The molecule has 0 saturated carbocycles. The van der Waals surface area contributed by atoms with Gasteiger partial charge in [0.05, 0.1) is 16.3 Å². The van der Waals surface area contributed by atoms with Gasteiger partial charge in [-0.15, -0.1) is 21.5 Å². The summed E-state index contributed by atoms with van der Waals surface area (Å²) < 4.78 is 30.6. The predicted octanol–water partition coefficient (Wildman–Crippen LogP) is 4.84. The lowest BCUT2D eigenvalue weighted by Crippen LogP contribution is -2.14. The molecule has 10 heteroatoms. The van der Waals surface area contributed by atoms with Gasteiger partial charge in [-0.05, 0) is 23.6 Å². The Bertz CT molecular complexity index is 840. The molecule has 0 bridgehead atoms. The first-order valence-corrected chi connectivity index (χ1v) is 9.70. The summed E-state index contributed by atoms with van der Waals surface area (Å²) in [6, 6.07) is 10.2. The molecule has 0 fully saturated rings. The molecule has 0 radical (unpaired) electrons. The summed E-state index contributed by atoms with van der Waals surface area (Å²) in [6.45, 7) is 0. The third-order valence-corrected chi connectivity index (χ3v) is 5.31. The number of benzene rings is 1. The zero-order valence-corrected chi connectivity index (χ0v) is 15.0. The molecule has 0 unspecified atom stereocenters. The number of aromatic nitrogens is 2. The monoisotopic (exact) mass is 399 g/mol. The minimum absolute atomic E-state index is 0.0275. The molecule has 0 aliphatic carbocycles. The number of alkyl halides is 2. The first-order valence-electron chi connectivity index (χ1n) is 6.95. The first-order chi connectivity index (χ1) is 12.1. The van der Waals surface area contributed by atoms with Crippen molar-refractivity contribution >= 4 is 46.5 Å². The van der Waals surface area contributed by atoms with Crippen molar-refractivity contribution in [2.75, 3.05) is 11.1 Å². The number of nitrogens with zero attached hydrogens (tertiary/aromatic N) is 2. The van der Waals surface area contributed by atoms with Crippen LogP contribution in [0.5, 0.6) is 0 Å². The number of nitrogens with one attached hydrogen (secondary N) is 1. The number of hydrogen-bond acceptors (Lipinski definition) is 7. The Morgan fingerprint density at radius 1 is 1.24 bits per heavy atom. The summed E-state index contributed by atoms with van der Waals surface area (Å²) in [7, 11) is 0. The van der Waals surface area contributed by atoms with Gasteiger partial charge in [-0.2, -0.15) is 8.78 Å². The number of para-hydroxylation sites is 1. The second-order valence-electron chi connectivity index (χ2n) is 4.56. The van der Waals surface area contributed by atoms with E-state index in [1.54, 1.807) is 18.2 Å². The fourth-order valence-corrected chi connectivity index (χ4v) is 3.65. The summed E-state index contributed by atoms with van der Waals surface area (Å²) in [5.74, 6) is -2.47. The van der Waals surface area contributed by atoms with E-state index >= 15 is 0 Å². The van der Waals surface area contributed by atoms with Crippen molar-refractivity contribution in [2.45, 2.75) is 15.9 Å². The van der Waals surface area contributed by atoms with Crippen molar-refractivity contribution in [3.63, 3.8) is 0 Å². The molecule has 0 atom stereocenters. The van der Waals surface area contributed by atoms with Crippen molar-refractivity contribution in [2.24, 2.45) is 0 Å². The molecule has 3 aromatic rings. The predicted molar refractivity (Wildman–Crippen MR) is 95.3 cm³/mol. The van der Waals surface area contributed by atoms with E-state index in [4.69, 9.17) is 4.42 Å². The van der Waals surface area contributed by atoms with Gasteiger partial charge in [0, 0.05) is 4.90 Å². The molecule has 2 heterocycles. The SMILES string of the molecule is O=C(CSc1nnc(-c2cccs2)o1)Nc1ccccc1SC(F)F. The van der Waals surface area contributed by atoms with Gasteiger partial charge in [0.25, 0.3) is 16.9 Å². The van der Waals surface area contributed by atoms with Crippen LogP contribution in [0.15, 0.2) is 56.3 Å². The van der Waals surface area contributed by atoms with Gasteiger partial charge in [-0.1, -0.05) is 41.7 Å². The highest BCUT2D eigenvalue weighted by Gasteiger charge is 2.14. The van der Waals surface area contributed by atoms with Crippen LogP contribution in [-0.4, -0.2) is 27.6 Å². The van der Waals surface area contributed by atoms with Gasteiger partial charge in [0.2, 0.25) is 5.91 Å². The van der Waals surface area contributed by atoms with Crippen molar-refractivity contribution in [1.82, 2.24) is 10.2 Å². The molecule has 5 nitrogen and oxygen atoms in total. The molecule has 25 heavy (non-hydrogen) atoms. The van der Waals surface area contributed by atoms with Crippen LogP contribution in [0.3, 0.4) is 0 Å². The molecule has 0 saturated heterocycles. The quantitative estimate of drug-likeness (QED) is 0.573. The highest BCUT2D eigenvalue weighted by molar-refractivity contribution is 8.00. The largest absolute Gasteiger partial charge is 0.410 e. The molecule has 0 spiro atoms. The number of hydrogen-bond donors (Lipinski definition) is 1. The molecule has 0 aliphatic rings. The second-order valence-corrected chi connectivity index (χ2v) is 7.47. The maximum absolute atomic E-state index is 12.5. The number of carbonyl (C=O) groups is 1. The van der Waals surface area contributed by atoms with Gasteiger partial charge in [0.15, 0.2) is 0 Å². The van der Waals surface area contributed by atoms with Crippen LogP contribution in [-0.2, 0) is 4.79 Å². The summed E-state index contributed by atoms with van der Waals surface area (Å²) in [6.07, 6.45) is 0. The summed E-state index contributed by atoms with van der Waals surface area (Å²) >= 11 is 2.95. The highest BCUT2D eigenvalue weighted by Crippen LogP contribution is 2.32. The van der Waals surface area contributed by atoms with Crippen LogP contribution in [0.2, 0.25) is 0 Å². The van der Waals surface area contributed by atoms with Crippen LogP contribution >= 0.6 is 34.9 Å². The molecule has 1 amide bonds. The smallest absolute Gasteiger partial charge is 0.288 e. The lowest BCUT2D eigenvalue weighted by molar-refractivity contribution is -0.113. The van der Waals surface area contributed by atoms with Crippen molar-refractivity contribution in [1.29, 1.82) is 0 Å². The van der Waals surface area contributed by atoms with Gasteiger partial charge in [0.1, 0.15) is 0 Å². The van der Waals surface area contributed by atoms with E-state index in [0.29, 0.717) is 28.2 Å². The molecule has 130 valence electrons. The maximum atomic E-state index is 12.5.